The average molecular weight is 219 g/mol. The Hall–Kier alpha value is -0.860. The summed E-state index contributed by atoms with van der Waals surface area (Å²) < 4.78 is 0. The highest BCUT2D eigenvalue weighted by Crippen LogP contribution is 2.44. The number of hydrogen-bond acceptors (Lipinski definition) is 2. The molecule has 16 heavy (non-hydrogen) atoms. The van der Waals surface area contributed by atoms with Gasteiger partial charge in [0.25, 0.3) is 0 Å². The summed E-state index contributed by atoms with van der Waals surface area (Å²) in [5.41, 5.74) is 6.83. The summed E-state index contributed by atoms with van der Waals surface area (Å²) in [6, 6.07) is 10.4. The highest BCUT2D eigenvalue weighted by atomic mass is 16.3. The van der Waals surface area contributed by atoms with Gasteiger partial charge in [-0.2, -0.15) is 0 Å². The molecule has 1 aromatic rings. The highest BCUT2D eigenvalue weighted by Gasteiger charge is 2.41. The van der Waals surface area contributed by atoms with Crippen LogP contribution < -0.4 is 5.73 Å². The van der Waals surface area contributed by atoms with Gasteiger partial charge in [0.2, 0.25) is 0 Å². The lowest BCUT2D eigenvalue weighted by molar-refractivity contribution is 0.0766. The Morgan fingerprint density at radius 1 is 1.19 bits per heavy atom. The predicted octanol–water partition coefficient (Wildman–Crippen LogP) is 2.21. The Bertz CT molecular complexity index is 317. The van der Waals surface area contributed by atoms with E-state index in [4.69, 9.17) is 5.73 Å². The zero-order valence-corrected chi connectivity index (χ0v) is 9.73. The third-order valence-corrected chi connectivity index (χ3v) is 3.92. The van der Waals surface area contributed by atoms with E-state index in [0.29, 0.717) is 13.0 Å². The zero-order chi connectivity index (χ0) is 11.4. The number of nitrogens with two attached hydrogens (primary N) is 1. The van der Waals surface area contributed by atoms with Crippen molar-refractivity contribution in [2.24, 2.45) is 5.73 Å². The largest absolute Gasteiger partial charge is 0.392 e. The summed E-state index contributed by atoms with van der Waals surface area (Å²) in [5, 5.41) is 10.4. The second-order valence-corrected chi connectivity index (χ2v) is 4.82. The maximum absolute atomic E-state index is 10.4. The van der Waals surface area contributed by atoms with Crippen molar-refractivity contribution in [3.05, 3.63) is 35.9 Å². The maximum atomic E-state index is 10.4. The molecule has 0 spiro atoms. The zero-order valence-electron chi connectivity index (χ0n) is 9.73. The Kier molecular flexibility index (Phi) is 3.62. The molecule has 1 atom stereocenters. The van der Waals surface area contributed by atoms with E-state index in [2.05, 4.69) is 24.3 Å². The molecule has 2 heteroatoms. The molecule has 0 unspecified atom stereocenters. The van der Waals surface area contributed by atoms with Gasteiger partial charge in [-0.05, 0) is 31.4 Å². The van der Waals surface area contributed by atoms with Crippen molar-refractivity contribution in [3.8, 4) is 0 Å². The predicted molar refractivity (Wildman–Crippen MR) is 66.3 cm³/mol. The molecule has 0 bridgehead atoms. The minimum absolute atomic E-state index is 0.0272. The van der Waals surface area contributed by atoms with Gasteiger partial charge in [-0.3, -0.25) is 0 Å². The average Bonchev–Trinajstić information content (AvgIpc) is 2.81. The third kappa shape index (κ3) is 2.00. The van der Waals surface area contributed by atoms with Crippen LogP contribution in [0.4, 0.5) is 0 Å². The van der Waals surface area contributed by atoms with Crippen molar-refractivity contribution in [2.75, 3.05) is 6.54 Å². The molecule has 1 aromatic carbocycles. The fourth-order valence-electron chi connectivity index (χ4n) is 3.02. The molecule has 0 heterocycles. The molecule has 1 aliphatic carbocycles. The quantitative estimate of drug-likeness (QED) is 0.815. The lowest BCUT2D eigenvalue weighted by atomic mass is 9.73. The van der Waals surface area contributed by atoms with E-state index < -0.39 is 0 Å². The lowest BCUT2D eigenvalue weighted by Gasteiger charge is -2.35. The molecule has 3 N–H and O–H groups in total. The fraction of sp³-hybridized carbons (Fsp3) is 0.571. The van der Waals surface area contributed by atoms with Crippen LogP contribution in [0.25, 0.3) is 0 Å². The van der Waals surface area contributed by atoms with Gasteiger partial charge in [-0.15, -0.1) is 0 Å². The van der Waals surface area contributed by atoms with Crippen LogP contribution in [0, 0.1) is 0 Å². The number of aliphatic hydroxyl groups excluding tert-OH is 1. The van der Waals surface area contributed by atoms with Gasteiger partial charge in [-0.1, -0.05) is 43.2 Å². The van der Waals surface area contributed by atoms with Crippen molar-refractivity contribution >= 4 is 0 Å². The number of aliphatic hydroxyl groups is 1. The van der Waals surface area contributed by atoms with Gasteiger partial charge < -0.3 is 10.8 Å². The normalized spacial score (nSPS) is 20.9. The van der Waals surface area contributed by atoms with Gasteiger partial charge in [0.1, 0.15) is 0 Å². The summed E-state index contributed by atoms with van der Waals surface area (Å²) in [6.07, 6.45) is 5.04. The number of benzene rings is 1. The first-order valence-electron chi connectivity index (χ1n) is 6.23. The van der Waals surface area contributed by atoms with Crippen LogP contribution in [0.5, 0.6) is 0 Å². The molecule has 0 aromatic heterocycles. The van der Waals surface area contributed by atoms with Crippen LogP contribution in [-0.2, 0) is 5.41 Å². The Labute approximate surface area is 97.5 Å². The topological polar surface area (TPSA) is 46.2 Å². The molecule has 2 nitrogen and oxygen atoms in total. The first kappa shape index (κ1) is 11.6. The molecule has 2 rings (SSSR count). The van der Waals surface area contributed by atoms with Crippen LogP contribution in [-0.4, -0.2) is 17.8 Å². The van der Waals surface area contributed by atoms with Crippen LogP contribution in [0.15, 0.2) is 30.3 Å². The van der Waals surface area contributed by atoms with Crippen molar-refractivity contribution in [1.82, 2.24) is 0 Å². The Morgan fingerprint density at radius 2 is 1.81 bits per heavy atom. The summed E-state index contributed by atoms with van der Waals surface area (Å²) >= 11 is 0. The molecule has 0 radical (unpaired) electrons. The second kappa shape index (κ2) is 4.98. The first-order chi connectivity index (χ1) is 7.79. The molecule has 1 fully saturated rings. The van der Waals surface area contributed by atoms with Gasteiger partial charge in [-0.25, -0.2) is 0 Å². The number of rotatable bonds is 4. The van der Waals surface area contributed by atoms with Crippen molar-refractivity contribution < 1.29 is 5.11 Å². The Morgan fingerprint density at radius 3 is 2.38 bits per heavy atom. The maximum Gasteiger partial charge on any atom is 0.0648 e. The lowest BCUT2D eigenvalue weighted by Crippen LogP contribution is -2.38. The van der Waals surface area contributed by atoms with Crippen LogP contribution in [0.1, 0.15) is 37.7 Å². The first-order valence-corrected chi connectivity index (χ1v) is 6.23. The smallest absolute Gasteiger partial charge is 0.0648 e. The third-order valence-electron chi connectivity index (χ3n) is 3.92. The van der Waals surface area contributed by atoms with Crippen molar-refractivity contribution in [2.45, 2.75) is 43.6 Å². The van der Waals surface area contributed by atoms with E-state index in [1.165, 1.54) is 18.4 Å². The molecular weight excluding hydrogens is 198 g/mol. The van der Waals surface area contributed by atoms with Crippen molar-refractivity contribution in [3.63, 3.8) is 0 Å². The van der Waals surface area contributed by atoms with E-state index >= 15 is 0 Å². The van der Waals surface area contributed by atoms with Gasteiger partial charge in [0, 0.05) is 5.41 Å². The summed E-state index contributed by atoms with van der Waals surface area (Å²) in [4.78, 5) is 0. The van der Waals surface area contributed by atoms with Gasteiger partial charge in [0.05, 0.1) is 6.10 Å². The Balaban J connectivity index is 2.28. The van der Waals surface area contributed by atoms with Crippen LogP contribution >= 0.6 is 0 Å². The summed E-state index contributed by atoms with van der Waals surface area (Å²) in [6.45, 7) is 0.565. The van der Waals surface area contributed by atoms with E-state index in [1.807, 2.05) is 6.07 Å². The molecule has 0 saturated heterocycles. The minimum atomic E-state index is -0.289. The molecule has 1 saturated carbocycles. The van der Waals surface area contributed by atoms with E-state index in [9.17, 15) is 5.11 Å². The highest BCUT2D eigenvalue weighted by molar-refractivity contribution is 5.28. The molecule has 1 aliphatic rings. The molecule has 88 valence electrons. The standard InChI is InChI=1S/C14H21NO/c15-11-8-13(16)14(9-4-5-10-14)12-6-2-1-3-7-12/h1-3,6-7,13,16H,4-5,8-11,15H2/t13-/m1/s1. The molecular formula is C14H21NO. The molecule has 0 amide bonds. The van der Waals surface area contributed by atoms with Crippen LogP contribution in [0.3, 0.4) is 0 Å². The summed E-state index contributed by atoms with van der Waals surface area (Å²) in [7, 11) is 0. The van der Waals surface area contributed by atoms with Gasteiger partial charge >= 0.3 is 0 Å². The van der Waals surface area contributed by atoms with E-state index in [0.717, 1.165) is 12.8 Å². The fourth-order valence-corrected chi connectivity index (χ4v) is 3.02. The van der Waals surface area contributed by atoms with Gasteiger partial charge in [0.15, 0.2) is 0 Å². The second-order valence-electron chi connectivity index (χ2n) is 4.82. The van der Waals surface area contributed by atoms with E-state index in [-0.39, 0.29) is 11.5 Å². The summed E-state index contributed by atoms with van der Waals surface area (Å²) in [5.74, 6) is 0. The SMILES string of the molecule is NCC[C@@H](O)C1(c2ccccc2)CCCC1. The van der Waals surface area contributed by atoms with E-state index in [1.54, 1.807) is 0 Å². The monoisotopic (exact) mass is 219 g/mol. The van der Waals surface area contributed by atoms with Crippen LogP contribution in [0.2, 0.25) is 0 Å². The minimum Gasteiger partial charge on any atom is -0.392 e. The van der Waals surface area contributed by atoms with Crippen molar-refractivity contribution in [1.29, 1.82) is 0 Å². The molecule has 0 aliphatic heterocycles. The number of hydrogen-bond donors (Lipinski definition) is 2.